The number of benzene rings is 1. The predicted molar refractivity (Wildman–Crippen MR) is 85.5 cm³/mol. The van der Waals surface area contributed by atoms with Gasteiger partial charge in [0, 0.05) is 29.6 Å². The Morgan fingerprint density at radius 1 is 1.32 bits per heavy atom. The minimum atomic E-state index is -1.06. The van der Waals surface area contributed by atoms with Crippen molar-refractivity contribution in [3.8, 4) is 0 Å². The first-order valence-corrected chi connectivity index (χ1v) is 6.99. The van der Waals surface area contributed by atoms with Gasteiger partial charge in [0.2, 0.25) is 5.91 Å². The lowest BCUT2D eigenvalue weighted by Crippen LogP contribution is -2.41. The monoisotopic (exact) mass is 298 g/mol. The number of para-hydroxylation sites is 1. The van der Waals surface area contributed by atoms with Crippen molar-refractivity contribution in [2.24, 2.45) is 0 Å². The van der Waals surface area contributed by atoms with Crippen LogP contribution in [0.1, 0.15) is 12.5 Å². The minimum absolute atomic E-state index is 0.225. The van der Waals surface area contributed by atoms with Crippen LogP contribution in [-0.4, -0.2) is 28.0 Å². The molecular formula is C17H18N2O3. The molecule has 2 rings (SSSR count). The van der Waals surface area contributed by atoms with Gasteiger partial charge < -0.3 is 15.4 Å². The summed E-state index contributed by atoms with van der Waals surface area (Å²) in [5, 5.41) is 12.8. The zero-order valence-corrected chi connectivity index (χ0v) is 12.2. The maximum atomic E-state index is 11.7. The molecule has 1 heterocycles. The predicted octanol–water partition coefficient (Wildman–Crippen LogP) is 2.41. The number of rotatable bonds is 6. The van der Waals surface area contributed by atoms with Crippen LogP contribution in [0.5, 0.6) is 0 Å². The maximum absolute atomic E-state index is 11.7. The number of H-pyrrole nitrogens is 1. The summed E-state index contributed by atoms with van der Waals surface area (Å²) in [6.07, 6.45) is 8.37. The van der Waals surface area contributed by atoms with E-state index in [2.05, 4.69) is 10.3 Å². The molecule has 5 heteroatoms. The second kappa shape index (κ2) is 7.26. The SMILES string of the molecule is C/C=C/C=C/C(=O)NC(Cc1c[nH]c2ccccc12)C(=O)O. The zero-order chi connectivity index (χ0) is 15.9. The molecule has 0 spiro atoms. The number of carbonyl (C=O) groups is 2. The number of amides is 1. The van der Waals surface area contributed by atoms with Crippen molar-refractivity contribution in [1.29, 1.82) is 0 Å². The van der Waals surface area contributed by atoms with E-state index in [1.54, 1.807) is 24.4 Å². The lowest BCUT2D eigenvalue weighted by Gasteiger charge is -2.12. The average molecular weight is 298 g/mol. The van der Waals surface area contributed by atoms with E-state index >= 15 is 0 Å². The van der Waals surface area contributed by atoms with Crippen LogP contribution in [-0.2, 0) is 16.0 Å². The first-order valence-electron chi connectivity index (χ1n) is 6.99. The van der Waals surface area contributed by atoms with Crippen molar-refractivity contribution in [2.45, 2.75) is 19.4 Å². The maximum Gasteiger partial charge on any atom is 0.326 e. The van der Waals surface area contributed by atoms with Crippen molar-refractivity contribution in [2.75, 3.05) is 0 Å². The number of allylic oxidation sites excluding steroid dienone is 3. The molecule has 5 nitrogen and oxygen atoms in total. The molecule has 0 aliphatic carbocycles. The summed E-state index contributed by atoms with van der Waals surface area (Å²) >= 11 is 0. The molecule has 0 bridgehead atoms. The standard InChI is InChI=1S/C17H18N2O3/c1-2-3-4-9-16(20)19-15(17(21)22)10-12-11-18-14-8-6-5-7-13(12)14/h2-9,11,15,18H,10H2,1H3,(H,19,20)(H,21,22)/b3-2+,9-4+. The Bertz CT molecular complexity index is 728. The van der Waals surface area contributed by atoms with E-state index in [-0.39, 0.29) is 6.42 Å². The van der Waals surface area contributed by atoms with Gasteiger partial charge in [0.1, 0.15) is 6.04 Å². The second-order valence-electron chi connectivity index (χ2n) is 4.85. The lowest BCUT2D eigenvalue weighted by molar-refractivity contribution is -0.141. The highest BCUT2D eigenvalue weighted by Gasteiger charge is 2.20. The number of hydrogen-bond acceptors (Lipinski definition) is 2. The third-order valence-electron chi connectivity index (χ3n) is 3.26. The molecule has 1 aromatic heterocycles. The van der Waals surface area contributed by atoms with Gasteiger partial charge in [-0.1, -0.05) is 36.4 Å². The summed E-state index contributed by atoms with van der Waals surface area (Å²) in [6, 6.07) is 6.68. The van der Waals surface area contributed by atoms with Crippen LogP contribution in [0, 0.1) is 0 Å². The van der Waals surface area contributed by atoms with Crippen LogP contribution in [0.4, 0.5) is 0 Å². The van der Waals surface area contributed by atoms with Crippen LogP contribution in [0.3, 0.4) is 0 Å². The smallest absolute Gasteiger partial charge is 0.326 e. The number of nitrogens with one attached hydrogen (secondary N) is 2. The van der Waals surface area contributed by atoms with Crippen LogP contribution in [0.2, 0.25) is 0 Å². The fourth-order valence-electron chi connectivity index (χ4n) is 2.19. The van der Waals surface area contributed by atoms with Gasteiger partial charge in [0.15, 0.2) is 0 Å². The Labute approximate surface area is 128 Å². The Balaban J connectivity index is 2.12. The van der Waals surface area contributed by atoms with Crippen molar-refractivity contribution in [3.05, 3.63) is 60.3 Å². The first kappa shape index (κ1) is 15.6. The molecule has 0 aliphatic rings. The van der Waals surface area contributed by atoms with Gasteiger partial charge in [-0.15, -0.1) is 0 Å². The number of fused-ring (bicyclic) bond motifs is 1. The van der Waals surface area contributed by atoms with Crippen molar-refractivity contribution in [1.82, 2.24) is 10.3 Å². The summed E-state index contributed by atoms with van der Waals surface area (Å²) in [4.78, 5) is 26.2. The van der Waals surface area contributed by atoms with Gasteiger partial charge in [-0.2, -0.15) is 0 Å². The molecule has 1 atom stereocenters. The fraction of sp³-hybridized carbons (Fsp3) is 0.176. The van der Waals surface area contributed by atoms with Crippen LogP contribution in [0.15, 0.2) is 54.8 Å². The minimum Gasteiger partial charge on any atom is -0.480 e. The molecule has 2 aromatic rings. The van der Waals surface area contributed by atoms with Gasteiger partial charge >= 0.3 is 5.97 Å². The van der Waals surface area contributed by atoms with Crippen LogP contribution < -0.4 is 5.32 Å². The van der Waals surface area contributed by atoms with E-state index in [1.807, 2.05) is 31.2 Å². The molecule has 0 saturated heterocycles. The highest BCUT2D eigenvalue weighted by molar-refractivity contribution is 5.92. The van der Waals surface area contributed by atoms with E-state index in [0.29, 0.717) is 0 Å². The quantitative estimate of drug-likeness (QED) is 0.566. The second-order valence-corrected chi connectivity index (χ2v) is 4.85. The van der Waals surface area contributed by atoms with Gasteiger partial charge in [-0.3, -0.25) is 4.79 Å². The molecule has 0 fully saturated rings. The highest BCUT2D eigenvalue weighted by Crippen LogP contribution is 2.19. The van der Waals surface area contributed by atoms with Crippen molar-refractivity contribution in [3.63, 3.8) is 0 Å². The van der Waals surface area contributed by atoms with Crippen LogP contribution >= 0.6 is 0 Å². The number of aromatic nitrogens is 1. The molecule has 1 aromatic carbocycles. The van der Waals surface area contributed by atoms with Gasteiger partial charge in [0.05, 0.1) is 0 Å². The molecule has 0 saturated carbocycles. The number of aliphatic carboxylic acids is 1. The summed E-state index contributed by atoms with van der Waals surface area (Å²) in [7, 11) is 0. The normalized spacial score (nSPS) is 13.0. The van der Waals surface area contributed by atoms with E-state index in [9.17, 15) is 14.7 Å². The number of carboxylic acids is 1. The lowest BCUT2D eigenvalue weighted by atomic mass is 10.0. The third-order valence-corrected chi connectivity index (χ3v) is 3.26. The molecule has 1 unspecified atom stereocenters. The summed E-state index contributed by atoms with van der Waals surface area (Å²) in [6.45, 7) is 1.83. The number of carboxylic acid groups (broad SMARTS) is 1. The van der Waals surface area contributed by atoms with E-state index in [1.165, 1.54) is 6.08 Å². The molecule has 0 aliphatic heterocycles. The molecular weight excluding hydrogens is 280 g/mol. The van der Waals surface area contributed by atoms with Gasteiger partial charge in [0.25, 0.3) is 0 Å². The number of hydrogen-bond donors (Lipinski definition) is 3. The molecule has 3 N–H and O–H groups in total. The zero-order valence-electron chi connectivity index (χ0n) is 12.2. The highest BCUT2D eigenvalue weighted by atomic mass is 16.4. The summed E-state index contributed by atoms with van der Waals surface area (Å²) < 4.78 is 0. The Kier molecular flexibility index (Phi) is 5.14. The van der Waals surface area contributed by atoms with E-state index in [0.717, 1.165) is 16.5 Å². The Morgan fingerprint density at radius 3 is 2.82 bits per heavy atom. The van der Waals surface area contributed by atoms with Crippen molar-refractivity contribution >= 4 is 22.8 Å². The largest absolute Gasteiger partial charge is 0.480 e. The topological polar surface area (TPSA) is 82.2 Å². The van der Waals surface area contributed by atoms with Crippen molar-refractivity contribution < 1.29 is 14.7 Å². The molecule has 1 amide bonds. The first-order chi connectivity index (χ1) is 10.6. The van der Waals surface area contributed by atoms with E-state index < -0.39 is 17.9 Å². The molecule has 0 radical (unpaired) electrons. The van der Waals surface area contributed by atoms with E-state index in [4.69, 9.17) is 0 Å². The van der Waals surface area contributed by atoms with Gasteiger partial charge in [-0.05, 0) is 18.6 Å². The van der Waals surface area contributed by atoms with Gasteiger partial charge in [-0.25, -0.2) is 4.79 Å². The Morgan fingerprint density at radius 2 is 2.09 bits per heavy atom. The number of aromatic amines is 1. The summed E-state index contributed by atoms with van der Waals surface area (Å²) in [5.74, 6) is -1.48. The fourth-order valence-corrected chi connectivity index (χ4v) is 2.19. The Hall–Kier alpha value is -2.82. The average Bonchev–Trinajstić information content (AvgIpc) is 2.90. The summed E-state index contributed by atoms with van der Waals surface area (Å²) in [5.41, 5.74) is 1.81. The van der Waals surface area contributed by atoms with Crippen LogP contribution in [0.25, 0.3) is 10.9 Å². The molecule has 114 valence electrons. The number of carbonyl (C=O) groups excluding carboxylic acids is 1. The molecule has 22 heavy (non-hydrogen) atoms. The third kappa shape index (κ3) is 3.85.